The number of nitrogens with two attached hydrogens (primary N) is 1. The summed E-state index contributed by atoms with van der Waals surface area (Å²) in [5.74, 6) is 0.469. The molecular formula is C13H17N3O2S2. The van der Waals surface area contributed by atoms with Gasteiger partial charge < -0.3 is 10.6 Å². The van der Waals surface area contributed by atoms with Gasteiger partial charge in [-0.25, -0.2) is 13.4 Å². The Morgan fingerprint density at radius 3 is 2.85 bits per heavy atom. The van der Waals surface area contributed by atoms with Crippen LogP contribution in [0.2, 0.25) is 0 Å². The van der Waals surface area contributed by atoms with E-state index in [1.54, 1.807) is 11.3 Å². The summed E-state index contributed by atoms with van der Waals surface area (Å²) in [5, 5.41) is 1.00. The summed E-state index contributed by atoms with van der Waals surface area (Å²) in [5.41, 5.74) is 8.58. The number of aryl methyl sites for hydroxylation is 1. The van der Waals surface area contributed by atoms with E-state index in [2.05, 4.69) is 4.98 Å². The van der Waals surface area contributed by atoms with Crippen molar-refractivity contribution < 1.29 is 8.42 Å². The number of rotatable bonds is 2. The zero-order valence-electron chi connectivity index (χ0n) is 11.5. The maximum Gasteiger partial charge on any atom is 0.152 e. The molecule has 108 valence electrons. The molecule has 1 aromatic heterocycles. The van der Waals surface area contributed by atoms with Crippen molar-refractivity contribution in [2.24, 2.45) is 0 Å². The van der Waals surface area contributed by atoms with Gasteiger partial charge in [0, 0.05) is 13.1 Å². The van der Waals surface area contributed by atoms with Crippen LogP contribution in [0.1, 0.15) is 11.4 Å². The molecule has 20 heavy (non-hydrogen) atoms. The van der Waals surface area contributed by atoms with Gasteiger partial charge in [0.25, 0.3) is 0 Å². The lowest BCUT2D eigenvalue weighted by atomic mass is 10.1. The summed E-state index contributed by atoms with van der Waals surface area (Å²) in [6, 6.07) is 3.88. The third kappa shape index (κ3) is 2.35. The summed E-state index contributed by atoms with van der Waals surface area (Å²) >= 11 is 1.61. The molecule has 0 amide bonds. The fraction of sp³-hybridized carbons (Fsp3) is 0.462. The Balaban J connectivity index is 1.98. The van der Waals surface area contributed by atoms with Gasteiger partial charge in [-0.15, -0.1) is 11.3 Å². The van der Waals surface area contributed by atoms with Crippen LogP contribution in [-0.4, -0.2) is 38.0 Å². The van der Waals surface area contributed by atoms with Crippen LogP contribution in [0, 0.1) is 6.92 Å². The highest BCUT2D eigenvalue weighted by Gasteiger charge is 2.31. The average molecular weight is 311 g/mol. The maximum absolute atomic E-state index is 11.6. The number of hydrogen-bond donors (Lipinski definition) is 1. The largest absolute Gasteiger partial charge is 0.397 e. The van der Waals surface area contributed by atoms with Crippen LogP contribution in [0.15, 0.2) is 12.1 Å². The number of fused-ring (bicyclic) bond motifs is 1. The van der Waals surface area contributed by atoms with Crippen molar-refractivity contribution >= 4 is 42.8 Å². The first-order chi connectivity index (χ1) is 9.35. The first-order valence-electron chi connectivity index (χ1n) is 6.46. The van der Waals surface area contributed by atoms with Gasteiger partial charge in [0.1, 0.15) is 0 Å². The molecular weight excluding hydrogens is 294 g/mol. The van der Waals surface area contributed by atoms with Gasteiger partial charge in [-0.05, 0) is 25.5 Å². The summed E-state index contributed by atoms with van der Waals surface area (Å²) in [6.45, 7) is 1.97. The minimum atomic E-state index is -2.90. The molecule has 5 nitrogen and oxygen atoms in total. The first-order valence-corrected chi connectivity index (χ1v) is 9.09. The number of aromatic nitrogens is 1. The van der Waals surface area contributed by atoms with Crippen LogP contribution in [0.3, 0.4) is 0 Å². The van der Waals surface area contributed by atoms with E-state index in [-0.39, 0.29) is 17.5 Å². The average Bonchev–Trinajstić information content (AvgIpc) is 2.88. The predicted molar refractivity (Wildman–Crippen MR) is 84.2 cm³/mol. The van der Waals surface area contributed by atoms with Crippen LogP contribution < -0.4 is 10.6 Å². The van der Waals surface area contributed by atoms with Gasteiger partial charge in [0.05, 0.1) is 38.1 Å². The van der Waals surface area contributed by atoms with Crippen molar-refractivity contribution in [2.45, 2.75) is 19.4 Å². The molecule has 1 aliphatic heterocycles. The smallest absolute Gasteiger partial charge is 0.152 e. The fourth-order valence-corrected chi connectivity index (χ4v) is 5.31. The zero-order chi connectivity index (χ0) is 14.5. The number of anilines is 2. The molecule has 1 fully saturated rings. The molecule has 2 N–H and O–H groups in total. The van der Waals surface area contributed by atoms with Crippen LogP contribution in [0.25, 0.3) is 10.2 Å². The quantitative estimate of drug-likeness (QED) is 0.856. The minimum absolute atomic E-state index is 0.000479. The molecule has 0 saturated carbocycles. The Kier molecular flexibility index (Phi) is 3.13. The van der Waals surface area contributed by atoms with Crippen molar-refractivity contribution in [2.75, 3.05) is 29.2 Å². The minimum Gasteiger partial charge on any atom is -0.397 e. The monoisotopic (exact) mass is 311 g/mol. The third-order valence-corrected chi connectivity index (χ3v) is 6.46. The second-order valence-electron chi connectivity index (χ2n) is 5.28. The van der Waals surface area contributed by atoms with Crippen molar-refractivity contribution in [1.82, 2.24) is 4.98 Å². The van der Waals surface area contributed by atoms with Crippen LogP contribution >= 0.6 is 11.3 Å². The molecule has 1 aromatic carbocycles. The molecule has 7 heteroatoms. The van der Waals surface area contributed by atoms with Crippen molar-refractivity contribution in [3.05, 3.63) is 17.1 Å². The molecule has 2 heterocycles. The first kappa shape index (κ1) is 13.6. The number of thiazole rings is 1. The molecule has 0 spiro atoms. The van der Waals surface area contributed by atoms with E-state index in [0.29, 0.717) is 12.1 Å². The van der Waals surface area contributed by atoms with E-state index in [0.717, 1.165) is 20.9 Å². The highest BCUT2D eigenvalue weighted by Crippen LogP contribution is 2.33. The number of nitrogens with zero attached hydrogens (tertiary/aromatic N) is 2. The van der Waals surface area contributed by atoms with E-state index < -0.39 is 9.84 Å². The van der Waals surface area contributed by atoms with Crippen LogP contribution in [0.4, 0.5) is 11.4 Å². The number of sulfone groups is 1. The molecule has 0 bridgehead atoms. The Morgan fingerprint density at radius 1 is 1.45 bits per heavy atom. The van der Waals surface area contributed by atoms with E-state index in [1.165, 1.54) is 0 Å². The van der Waals surface area contributed by atoms with E-state index in [1.807, 2.05) is 31.0 Å². The van der Waals surface area contributed by atoms with Gasteiger partial charge in [-0.3, -0.25) is 0 Å². The van der Waals surface area contributed by atoms with E-state index >= 15 is 0 Å². The SMILES string of the molecule is Cc1nc2cc(N(C)C3CCS(=O)(=O)C3)c(N)cc2s1. The lowest BCUT2D eigenvalue weighted by Crippen LogP contribution is -2.33. The van der Waals surface area contributed by atoms with Crippen molar-refractivity contribution in [3.8, 4) is 0 Å². The van der Waals surface area contributed by atoms with E-state index in [4.69, 9.17) is 5.73 Å². The molecule has 2 aromatic rings. The second kappa shape index (κ2) is 4.60. The van der Waals surface area contributed by atoms with Gasteiger partial charge in [0.15, 0.2) is 9.84 Å². The highest BCUT2D eigenvalue weighted by atomic mass is 32.2. The lowest BCUT2D eigenvalue weighted by molar-refractivity contribution is 0.601. The molecule has 1 saturated heterocycles. The molecule has 0 radical (unpaired) electrons. The number of hydrogen-bond acceptors (Lipinski definition) is 6. The van der Waals surface area contributed by atoms with Crippen molar-refractivity contribution in [1.29, 1.82) is 0 Å². The second-order valence-corrected chi connectivity index (χ2v) is 8.74. The van der Waals surface area contributed by atoms with Crippen molar-refractivity contribution in [3.63, 3.8) is 0 Å². The van der Waals surface area contributed by atoms with Crippen LogP contribution in [-0.2, 0) is 9.84 Å². The Hall–Kier alpha value is -1.34. The topological polar surface area (TPSA) is 76.3 Å². The molecule has 3 rings (SSSR count). The lowest BCUT2D eigenvalue weighted by Gasteiger charge is -2.26. The Labute approximate surface area is 122 Å². The Bertz CT molecular complexity index is 767. The van der Waals surface area contributed by atoms with Gasteiger partial charge in [-0.2, -0.15) is 0 Å². The third-order valence-electron chi connectivity index (χ3n) is 3.78. The van der Waals surface area contributed by atoms with Gasteiger partial charge in [-0.1, -0.05) is 0 Å². The molecule has 1 atom stereocenters. The molecule has 1 aliphatic rings. The predicted octanol–water partition coefficient (Wildman–Crippen LogP) is 1.81. The summed E-state index contributed by atoms with van der Waals surface area (Å²) in [7, 11) is -0.991. The summed E-state index contributed by atoms with van der Waals surface area (Å²) in [4.78, 5) is 6.45. The number of benzene rings is 1. The standard InChI is InChI=1S/C13H17N3O2S2/c1-8-15-11-6-12(10(14)5-13(11)19-8)16(2)9-3-4-20(17,18)7-9/h5-6,9H,3-4,7,14H2,1-2H3. The normalized spacial score (nSPS) is 21.4. The van der Waals surface area contributed by atoms with Gasteiger partial charge in [0.2, 0.25) is 0 Å². The Morgan fingerprint density at radius 2 is 2.20 bits per heavy atom. The molecule has 0 aliphatic carbocycles. The number of nitrogen functional groups attached to an aromatic ring is 1. The molecule has 1 unspecified atom stereocenters. The maximum atomic E-state index is 11.6. The van der Waals surface area contributed by atoms with E-state index in [9.17, 15) is 8.42 Å². The fourth-order valence-electron chi connectivity index (χ4n) is 2.68. The summed E-state index contributed by atoms with van der Waals surface area (Å²) < 4.78 is 24.3. The van der Waals surface area contributed by atoms with Gasteiger partial charge >= 0.3 is 0 Å². The highest BCUT2D eigenvalue weighted by molar-refractivity contribution is 7.91. The summed E-state index contributed by atoms with van der Waals surface area (Å²) in [6.07, 6.45) is 0.659. The zero-order valence-corrected chi connectivity index (χ0v) is 13.1. The van der Waals surface area contributed by atoms with Crippen LogP contribution in [0.5, 0.6) is 0 Å².